The van der Waals surface area contributed by atoms with Gasteiger partial charge >= 0.3 is 0 Å². The van der Waals surface area contributed by atoms with Crippen LogP contribution in [0.15, 0.2) is 18.2 Å². The summed E-state index contributed by atoms with van der Waals surface area (Å²) in [6.45, 7) is 3.07. The third-order valence-electron chi connectivity index (χ3n) is 3.35. The van der Waals surface area contributed by atoms with E-state index in [1.54, 1.807) is 0 Å². The number of nitrogens with two attached hydrogens (primary N) is 1. The predicted molar refractivity (Wildman–Crippen MR) is 65.3 cm³/mol. The van der Waals surface area contributed by atoms with Crippen LogP contribution in [0.2, 0.25) is 5.02 Å². The SMILES string of the molecule is CC1Cc2c(Cl)cccc2C(CCN)C1. The maximum absolute atomic E-state index is 6.24. The summed E-state index contributed by atoms with van der Waals surface area (Å²) < 4.78 is 0. The average molecular weight is 224 g/mol. The monoisotopic (exact) mass is 223 g/mol. The first-order valence-corrected chi connectivity index (χ1v) is 6.07. The van der Waals surface area contributed by atoms with E-state index in [0.29, 0.717) is 5.92 Å². The Hall–Kier alpha value is -0.530. The first-order valence-electron chi connectivity index (χ1n) is 5.69. The number of fused-ring (bicyclic) bond motifs is 1. The average Bonchev–Trinajstić information content (AvgIpc) is 2.20. The maximum Gasteiger partial charge on any atom is 0.0440 e. The molecule has 2 atom stereocenters. The summed E-state index contributed by atoms with van der Waals surface area (Å²) in [7, 11) is 0. The summed E-state index contributed by atoms with van der Waals surface area (Å²) in [5.41, 5.74) is 8.46. The molecule has 2 unspecified atom stereocenters. The van der Waals surface area contributed by atoms with Gasteiger partial charge in [0.2, 0.25) is 0 Å². The second-order valence-electron chi connectivity index (χ2n) is 4.63. The van der Waals surface area contributed by atoms with Crippen LogP contribution in [0.1, 0.15) is 36.8 Å². The van der Waals surface area contributed by atoms with Gasteiger partial charge < -0.3 is 5.73 Å². The van der Waals surface area contributed by atoms with Crippen molar-refractivity contribution >= 4 is 11.6 Å². The van der Waals surface area contributed by atoms with Crippen LogP contribution in [0.5, 0.6) is 0 Å². The Morgan fingerprint density at radius 3 is 3.00 bits per heavy atom. The number of benzene rings is 1. The molecule has 1 aliphatic carbocycles. The molecular formula is C13H18ClN. The normalized spacial score (nSPS) is 25.0. The van der Waals surface area contributed by atoms with Crippen LogP contribution in [0.3, 0.4) is 0 Å². The van der Waals surface area contributed by atoms with Crippen molar-refractivity contribution in [3.8, 4) is 0 Å². The van der Waals surface area contributed by atoms with E-state index >= 15 is 0 Å². The molecule has 0 bridgehead atoms. The fraction of sp³-hybridized carbons (Fsp3) is 0.538. The van der Waals surface area contributed by atoms with Crippen LogP contribution in [-0.4, -0.2) is 6.54 Å². The zero-order valence-electron chi connectivity index (χ0n) is 9.17. The summed E-state index contributed by atoms with van der Waals surface area (Å²) in [6, 6.07) is 6.27. The van der Waals surface area contributed by atoms with Crippen molar-refractivity contribution in [1.29, 1.82) is 0 Å². The van der Waals surface area contributed by atoms with E-state index in [1.807, 2.05) is 6.07 Å². The lowest BCUT2D eigenvalue weighted by Gasteiger charge is -2.30. The van der Waals surface area contributed by atoms with Crippen molar-refractivity contribution in [2.75, 3.05) is 6.54 Å². The van der Waals surface area contributed by atoms with E-state index in [1.165, 1.54) is 17.5 Å². The minimum atomic E-state index is 0.618. The van der Waals surface area contributed by atoms with Crippen LogP contribution >= 0.6 is 11.6 Å². The first kappa shape index (κ1) is 11.0. The molecule has 82 valence electrons. The molecule has 2 N–H and O–H groups in total. The summed E-state index contributed by atoms with van der Waals surface area (Å²) in [4.78, 5) is 0. The zero-order valence-corrected chi connectivity index (χ0v) is 9.93. The van der Waals surface area contributed by atoms with Crippen LogP contribution in [0.4, 0.5) is 0 Å². The van der Waals surface area contributed by atoms with Crippen molar-refractivity contribution in [1.82, 2.24) is 0 Å². The molecule has 0 saturated heterocycles. The lowest BCUT2D eigenvalue weighted by Crippen LogP contribution is -2.19. The Kier molecular flexibility index (Phi) is 3.32. The van der Waals surface area contributed by atoms with Crippen molar-refractivity contribution in [3.05, 3.63) is 34.3 Å². The molecule has 0 saturated carbocycles. The van der Waals surface area contributed by atoms with Gasteiger partial charge in [-0.25, -0.2) is 0 Å². The molecule has 0 amide bonds. The third kappa shape index (κ3) is 2.19. The number of hydrogen-bond acceptors (Lipinski definition) is 1. The summed E-state index contributed by atoms with van der Waals surface area (Å²) >= 11 is 6.24. The van der Waals surface area contributed by atoms with Gasteiger partial charge in [0.15, 0.2) is 0 Å². The lowest BCUT2D eigenvalue weighted by molar-refractivity contribution is 0.418. The maximum atomic E-state index is 6.24. The quantitative estimate of drug-likeness (QED) is 0.818. The highest BCUT2D eigenvalue weighted by Crippen LogP contribution is 2.39. The molecule has 1 aromatic carbocycles. The molecule has 0 radical (unpaired) electrons. The molecule has 0 aromatic heterocycles. The first-order chi connectivity index (χ1) is 7.22. The topological polar surface area (TPSA) is 26.0 Å². The molecule has 1 aliphatic rings. The molecule has 1 nitrogen and oxygen atoms in total. The number of halogens is 1. The molecule has 2 heteroatoms. The Balaban J connectivity index is 2.37. The molecule has 2 rings (SSSR count). The molecular weight excluding hydrogens is 206 g/mol. The van der Waals surface area contributed by atoms with Crippen LogP contribution in [0.25, 0.3) is 0 Å². The minimum absolute atomic E-state index is 0.618. The smallest absolute Gasteiger partial charge is 0.0440 e. The fourth-order valence-corrected chi connectivity index (χ4v) is 2.95. The van der Waals surface area contributed by atoms with E-state index < -0.39 is 0 Å². The predicted octanol–water partition coefficient (Wildman–Crippen LogP) is 3.35. The van der Waals surface area contributed by atoms with Crippen molar-refractivity contribution in [3.63, 3.8) is 0 Å². The van der Waals surface area contributed by atoms with E-state index in [0.717, 1.165) is 30.3 Å². The molecule has 0 heterocycles. The second kappa shape index (κ2) is 4.54. The summed E-state index contributed by atoms with van der Waals surface area (Å²) in [6.07, 6.45) is 3.46. The molecule has 0 aliphatic heterocycles. The Morgan fingerprint density at radius 1 is 1.47 bits per heavy atom. The van der Waals surface area contributed by atoms with Gasteiger partial charge in [0.05, 0.1) is 0 Å². The Bertz CT molecular complexity index is 348. The molecule has 15 heavy (non-hydrogen) atoms. The zero-order chi connectivity index (χ0) is 10.8. The highest BCUT2D eigenvalue weighted by atomic mass is 35.5. The van der Waals surface area contributed by atoms with E-state index in [2.05, 4.69) is 19.1 Å². The summed E-state index contributed by atoms with van der Waals surface area (Å²) in [5, 5.41) is 0.932. The van der Waals surface area contributed by atoms with E-state index in [9.17, 15) is 0 Å². The van der Waals surface area contributed by atoms with Crippen molar-refractivity contribution < 1.29 is 0 Å². The Labute approximate surface area is 96.6 Å². The van der Waals surface area contributed by atoms with Crippen LogP contribution in [0, 0.1) is 5.92 Å². The summed E-state index contributed by atoms with van der Waals surface area (Å²) in [5.74, 6) is 1.35. The van der Waals surface area contributed by atoms with Gasteiger partial charge in [-0.3, -0.25) is 0 Å². The van der Waals surface area contributed by atoms with E-state index in [4.69, 9.17) is 17.3 Å². The third-order valence-corrected chi connectivity index (χ3v) is 3.70. The number of hydrogen-bond donors (Lipinski definition) is 1. The van der Waals surface area contributed by atoms with Crippen LogP contribution in [-0.2, 0) is 6.42 Å². The van der Waals surface area contributed by atoms with Gasteiger partial charge in [-0.05, 0) is 54.8 Å². The Morgan fingerprint density at radius 2 is 2.27 bits per heavy atom. The molecule has 0 fully saturated rings. The van der Waals surface area contributed by atoms with Crippen molar-refractivity contribution in [2.24, 2.45) is 11.7 Å². The standard InChI is InChI=1S/C13H18ClN/c1-9-7-10(5-6-15)11-3-2-4-13(14)12(11)8-9/h2-4,9-10H,5-8,15H2,1H3. The highest BCUT2D eigenvalue weighted by Gasteiger charge is 2.25. The minimum Gasteiger partial charge on any atom is -0.330 e. The molecule has 1 aromatic rings. The largest absolute Gasteiger partial charge is 0.330 e. The van der Waals surface area contributed by atoms with Crippen molar-refractivity contribution in [2.45, 2.75) is 32.1 Å². The number of rotatable bonds is 2. The van der Waals surface area contributed by atoms with Gasteiger partial charge in [-0.1, -0.05) is 30.7 Å². The van der Waals surface area contributed by atoms with Gasteiger partial charge in [-0.15, -0.1) is 0 Å². The lowest BCUT2D eigenvalue weighted by atomic mass is 9.76. The van der Waals surface area contributed by atoms with Gasteiger partial charge in [0.25, 0.3) is 0 Å². The highest BCUT2D eigenvalue weighted by molar-refractivity contribution is 6.31. The molecule has 0 spiro atoms. The fourth-order valence-electron chi connectivity index (χ4n) is 2.69. The van der Waals surface area contributed by atoms with Gasteiger partial charge in [0, 0.05) is 5.02 Å². The van der Waals surface area contributed by atoms with E-state index in [-0.39, 0.29) is 0 Å². The van der Waals surface area contributed by atoms with Crippen LogP contribution < -0.4 is 5.73 Å². The van der Waals surface area contributed by atoms with Gasteiger partial charge in [0.1, 0.15) is 0 Å². The van der Waals surface area contributed by atoms with Gasteiger partial charge in [-0.2, -0.15) is 0 Å². The second-order valence-corrected chi connectivity index (χ2v) is 5.03.